The van der Waals surface area contributed by atoms with Crippen molar-refractivity contribution in [2.75, 3.05) is 18.4 Å². The lowest BCUT2D eigenvalue weighted by Gasteiger charge is -2.29. The molecule has 0 spiro atoms. The zero-order valence-corrected chi connectivity index (χ0v) is 10.5. The highest BCUT2D eigenvalue weighted by Gasteiger charge is 2.21. The van der Waals surface area contributed by atoms with Crippen LogP contribution in [0.3, 0.4) is 0 Å². The first-order chi connectivity index (χ1) is 8.66. The van der Waals surface area contributed by atoms with Crippen molar-refractivity contribution in [2.45, 2.75) is 32.2 Å². The molecule has 1 saturated heterocycles. The van der Waals surface area contributed by atoms with Gasteiger partial charge in [-0.05, 0) is 32.3 Å². The maximum absolute atomic E-state index is 12.9. The summed E-state index contributed by atoms with van der Waals surface area (Å²) in [5.41, 5.74) is 0.584. The Morgan fingerprint density at radius 1 is 1.44 bits per heavy atom. The van der Waals surface area contributed by atoms with E-state index in [2.05, 4.69) is 10.3 Å². The fourth-order valence-corrected chi connectivity index (χ4v) is 2.19. The topological polar surface area (TPSA) is 45.2 Å². The lowest BCUT2D eigenvalue weighted by atomic mass is 10.1. The Morgan fingerprint density at radius 3 is 2.83 bits per heavy atom. The standard InChI is InChI=1S/C13H18FN3O/c1-10(13(18)17-7-3-2-4-8-17)16-11-5-6-15-12(14)9-11/h5-6,9-10H,2-4,7-8H2,1H3,(H,15,16). The number of nitrogens with zero attached hydrogens (tertiary/aromatic N) is 2. The lowest BCUT2D eigenvalue weighted by Crippen LogP contribution is -2.43. The molecule has 1 atom stereocenters. The molecule has 4 nitrogen and oxygen atoms in total. The molecule has 1 amide bonds. The largest absolute Gasteiger partial charge is 0.374 e. The molecule has 0 bridgehead atoms. The third kappa shape index (κ3) is 3.18. The summed E-state index contributed by atoms with van der Waals surface area (Å²) in [5.74, 6) is -0.468. The maximum atomic E-state index is 12.9. The van der Waals surface area contributed by atoms with Gasteiger partial charge in [0.05, 0.1) is 0 Å². The van der Waals surface area contributed by atoms with Crippen molar-refractivity contribution < 1.29 is 9.18 Å². The zero-order chi connectivity index (χ0) is 13.0. The number of hydrogen-bond donors (Lipinski definition) is 1. The molecule has 98 valence electrons. The number of anilines is 1. The van der Waals surface area contributed by atoms with Gasteiger partial charge in [-0.2, -0.15) is 4.39 Å². The number of carbonyl (C=O) groups excluding carboxylic acids is 1. The second-order valence-electron chi connectivity index (χ2n) is 4.62. The van der Waals surface area contributed by atoms with E-state index in [-0.39, 0.29) is 11.9 Å². The lowest BCUT2D eigenvalue weighted by molar-refractivity contribution is -0.132. The van der Waals surface area contributed by atoms with Crippen molar-refractivity contribution in [2.24, 2.45) is 0 Å². The molecule has 1 aromatic rings. The van der Waals surface area contributed by atoms with E-state index in [1.54, 1.807) is 13.0 Å². The summed E-state index contributed by atoms with van der Waals surface area (Å²) in [4.78, 5) is 17.5. The SMILES string of the molecule is CC(Nc1ccnc(F)c1)C(=O)N1CCCCC1. The number of amides is 1. The Balaban J connectivity index is 1.94. The van der Waals surface area contributed by atoms with E-state index >= 15 is 0 Å². The van der Waals surface area contributed by atoms with Gasteiger partial charge in [0.1, 0.15) is 6.04 Å². The molecule has 0 saturated carbocycles. The maximum Gasteiger partial charge on any atom is 0.244 e. The first-order valence-corrected chi connectivity index (χ1v) is 6.34. The molecule has 1 aliphatic heterocycles. The number of rotatable bonds is 3. The zero-order valence-electron chi connectivity index (χ0n) is 10.5. The molecule has 0 radical (unpaired) electrons. The number of piperidine rings is 1. The number of nitrogens with one attached hydrogen (secondary N) is 1. The third-order valence-corrected chi connectivity index (χ3v) is 3.15. The van der Waals surface area contributed by atoms with Crippen LogP contribution in [-0.2, 0) is 4.79 Å². The number of aromatic nitrogens is 1. The van der Waals surface area contributed by atoms with E-state index < -0.39 is 5.95 Å². The van der Waals surface area contributed by atoms with Crippen molar-refractivity contribution >= 4 is 11.6 Å². The van der Waals surface area contributed by atoms with Gasteiger partial charge in [0, 0.05) is 31.0 Å². The van der Waals surface area contributed by atoms with Crippen molar-refractivity contribution in [1.29, 1.82) is 0 Å². The Kier molecular flexibility index (Phi) is 4.12. The fraction of sp³-hybridized carbons (Fsp3) is 0.538. The Morgan fingerprint density at radius 2 is 2.17 bits per heavy atom. The minimum absolute atomic E-state index is 0.0759. The predicted molar refractivity (Wildman–Crippen MR) is 67.7 cm³/mol. The summed E-state index contributed by atoms with van der Waals surface area (Å²) in [6, 6.07) is 2.60. The fourth-order valence-electron chi connectivity index (χ4n) is 2.19. The normalized spacial score (nSPS) is 17.3. The first-order valence-electron chi connectivity index (χ1n) is 6.34. The van der Waals surface area contributed by atoms with Crippen molar-refractivity contribution in [3.05, 3.63) is 24.3 Å². The highest BCUT2D eigenvalue weighted by Crippen LogP contribution is 2.13. The monoisotopic (exact) mass is 251 g/mol. The molecule has 2 heterocycles. The van der Waals surface area contributed by atoms with Crippen LogP contribution in [-0.4, -0.2) is 34.9 Å². The quantitative estimate of drug-likeness (QED) is 0.836. The molecule has 18 heavy (non-hydrogen) atoms. The molecule has 1 aliphatic rings. The van der Waals surface area contributed by atoms with Crippen LogP contribution < -0.4 is 5.32 Å². The van der Waals surface area contributed by atoms with Gasteiger partial charge in [0.2, 0.25) is 11.9 Å². The number of carbonyl (C=O) groups is 1. The van der Waals surface area contributed by atoms with Gasteiger partial charge in [-0.1, -0.05) is 0 Å². The van der Waals surface area contributed by atoms with Gasteiger partial charge < -0.3 is 10.2 Å². The molecular weight excluding hydrogens is 233 g/mol. The molecule has 1 fully saturated rings. The molecule has 5 heteroatoms. The van der Waals surface area contributed by atoms with Crippen LogP contribution in [0.2, 0.25) is 0 Å². The Bertz CT molecular complexity index is 418. The van der Waals surface area contributed by atoms with Gasteiger partial charge in [-0.3, -0.25) is 4.79 Å². The molecule has 1 aromatic heterocycles. The summed E-state index contributed by atoms with van der Waals surface area (Å²) in [7, 11) is 0. The second-order valence-corrected chi connectivity index (χ2v) is 4.62. The third-order valence-electron chi connectivity index (χ3n) is 3.15. The highest BCUT2D eigenvalue weighted by atomic mass is 19.1. The number of halogens is 1. The van der Waals surface area contributed by atoms with Crippen LogP contribution in [0.1, 0.15) is 26.2 Å². The van der Waals surface area contributed by atoms with E-state index in [1.807, 2.05) is 4.90 Å². The smallest absolute Gasteiger partial charge is 0.244 e. The predicted octanol–water partition coefficient (Wildman–Crippen LogP) is 2.03. The number of pyridine rings is 1. The Hall–Kier alpha value is -1.65. The minimum Gasteiger partial charge on any atom is -0.374 e. The van der Waals surface area contributed by atoms with Gasteiger partial charge in [0.25, 0.3) is 0 Å². The average Bonchev–Trinajstić information content (AvgIpc) is 2.39. The minimum atomic E-state index is -0.544. The van der Waals surface area contributed by atoms with Crippen LogP contribution in [0.25, 0.3) is 0 Å². The van der Waals surface area contributed by atoms with E-state index in [9.17, 15) is 9.18 Å². The molecule has 1 N–H and O–H groups in total. The van der Waals surface area contributed by atoms with E-state index in [4.69, 9.17) is 0 Å². The summed E-state index contributed by atoms with van der Waals surface area (Å²) in [6.07, 6.45) is 4.72. The summed E-state index contributed by atoms with van der Waals surface area (Å²) in [6.45, 7) is 3.46. The first kappa shape index (κ1) is 12.8. The average molecular weight is 251 g/mol. The summed E-state index contributed by atoms with van der Waals surface area (Å²) in [5, 5.41) is 3.01. The molecule has 1 unspecified atom stereocenters. The van der Waals surface area contributed by atoms with Crippen LogP contribution in [0.4, 0.5) is 10.1 Å². The highest BCUT2D eigenvalue weighted by molar-refractivity contribution is 5.84. The molecule has 0 aromatic carbocycles. The number of hydrogen-bond acceptors (Lipinski definition) is 3. The van der Waals surface area contributed by atoms with E-state index in [0.717, 1.165) is 25.9 Å². The van der Waals surface area contributed by atoms with E-state index in [0.29, 0.717) is 5.69 Å². The van der Waals surface area contributed by atoms with Gasteiger partial charge in [0.15, 0.2) is 0 Å². The molecule has 0 aliphatic carbocycles. The molecule has 2 rings (SSSR count). The molecular formula is C13H18FN3O. The van der Waals surface area contributed by atoms with Gasteiger partial charge in [-0.25, -0.2) is 4.98 Å². The van der Waals surface area contributed by atoms with Crippen LogP contribution in [0.5, 0.6) is 0 Å². The van der Waals surface area contributed by atoms with Gasteiger partial charge >= 0.3 is 0 Å². The van der Waals surface area contributed by atoms with Crippen LogP contribution in [0.15, 0.2) is 18.3 Å². The second kappa shape index (κ2) is 5.80. The van der Waals surface area contributed by atoms with Crippen molar-refractivity contribution in [3.63, 3.8) is 0 Å². The van der Waals surface area contributed by atoms with Crippen molar-refractivity contribution in [1.82, 2.24) is 9.88 Å². The summed E-state index contributed by atoms with van der Waals surface area (Å²) >= 11 is 0. The summed E-state index contributed by atoms with van der Waals surface area (Å²) < 4.78 is 12.9. The van der Waals surface area contributed by atoms with E-state index in [1.165, 1.54) is 18.7 Å². The van der Waals surface area contributed by atoms with Crippen molar-refractivity contribution in [3.8, 4) is 0 Å². The Labute approximate surface area is 106 Å². The van der Waals surface area contributed by atoms with Gasteiger partial charge in [-0.15, -0.1) is 0 Å². The van der Waals surface area contributed by atoms with Crippen LogP contribution >= 0.6 is 0 Å². The number of likely N-dealkylation sites (tertiary alicyclic amines) is 1. The van der Waals surface area contributed by atoms with Crippen LogP contribution in [0, 0.1) is 5.95 Å².